The molecule has 0 fully saturated rings. The first-order valence-corrected chi connectivity index (χ1v) is 6.72. The summed E-state index contributed by atoms with van der Waals surface area (Å²) in [6, 6.07) is 9.90. The Kier molecular flexibility index (Phi) is 3.42. The van der Waals surface area contributed by atoms with Crippen LogP contribution in [-0.2, 0) is 11.2 Å². The van der Waals surface area contributed by atoms with Crippen molar-refractivity contribution in [1.82, 2.24) is 4.98 Å². The lowest BCUT2D eigenvalue weighted by molar-refractivity contribution is -0.136. The number of amides is 2. The summed E-state index contributed by atoms with van der Waals surface area (Å²) in [5.41, 5.74) is 1.73. The predicted octanol–water partition coefficient (Wildman–Crippen LogP) is 1.90. The molecular formula is C16H12N2O4. The number of carboxylic acids is 1. The van der Waals surface area contributed by atoms with Crippen molar-refractivity contribution < 1.29 is 19.5 Å². The number of benzene rings is 1. The van der Waals surface area contributed by atoms with Crippen molar-refractivity contribution in [2.75, 3.05) is 4.90 Å². The number of carbonyl (C=O) groups is 3. The van der Waals surface area contributed by atoms with Gasteiger partial charge in [0.25, 0.3) is 11.8 Å². The van der Waals surface area contributed by atoms with E-state index in [0.717, 1.165) is 10.5 Å². The van der Waals surface area contributed by atoms with Crippen molar-refractivity contribution in [1.29, 1.82) is 0 Å². The summed E-state index contributed by atoms with van der Waals surface area (Å²) in [6.07, 6.45) is 1.91. The van der Waals surface area contributed by atoms with Crippen LogP contribution >= 0.6 is 0 Å². The van der Waals surface area contributed by atoms with Crippen molar-refractivity contribution in [2.24, 2.45) is 0 Å². The number of nitrogens with zero attached hydrogens (tertiary/aromatic N) is 2. The van der Waals surface area contributed by atoms with Crippen molar-refractivity contribution in [3.05, 3.63) is 59.4 Å². The average molecular weight is 296 g/mol. The van der Waals surface area contributed by atoms with E-state index in [9.17, 15) is 14.4 Å². The normalized spacial score (nSPS) is 13.4. The highest BCUT2D eigenvalue weighted by Crippen LogP contribution is 2.27. The van der Waals surface area contributed by atoms with Gasteiger partial charge in [0.2, 0.25) is 0 Å². The molecule has 1 aromatic carbocycles. The number of aryl methyl sites for hydroxylation is 1. The molecule has 22 heavy (non-hydrogen) atoms. The monoisotopic (exact) mass is 296 g/mol. The summed E-state index contributed by atoms with van der Waals surface area (Å²) in [5.74, 6) is -1.71. The molecule has 1 aliphatic rings. The van der Waals surface area contributed by atoms with Crippen molar-refractivity contribution in [2.45, 2.75) is 12.8 Å². The van der Waals surface area contributed by atoms with E-state index in [1.807, 2.05) is 0 Å². The van der Waals surface area contributed by atoms with Gasteiger partial charge in [0.1, 0.15) is 5.69 Å². The molecule has 0 saturated carbocycles. The maximum absolute atomic E-state index is 12.3. The quantitative estimate of drug-likeness (QED) is 0.871. The number of anilines is 1. The molecule has 1 aliphatic heterocycles. The Morgan fingerprint density at radius 3 is 2.45 bits per heavy atom. The van der Waals surface area contributed by atoms with Gasteiger partial charge in [0.15, 0.2) is 0 Å². The molecule has 110 valence electrons. The topological polar surface area (TPSA) is 87.6 Å². The number of carboxylic acid groups (broad SMARTS) is 1. The van der Waals surface area contributed by atoms with E-state index >= 15 is 0 Å². The fourth-order valence-electron chi connectivity index (χ4n) is 2.36. The molecule has 2 aromatic rings. The Morgan fingerprint density at radius 1 is 1.09 bits per heavy atom. The Labute approximate surface area is 126 Å². The number of fused-ring (bicyclic) bond motifs is 1. The number of aromatic nitrogens is 1. The number of aliphatic carboxylic acids is 1. The largest absolute Gasteiger partial charge is 0.481 e. The molecule has 6 nitrogen and oxygen atoms in total. The second kappa shape index (κ2) is 5.40. The lowest BCUT2D eigenvalue weighted by Crippen LogP contribution is -2.29. The van der Waals surface area contributed by atoms with Gasteiger partial charge < -0.3 is 5.11 Å². The second-order valence-corrected chi connectivity index (χ2v) is 4.91. The molecule has 1 N–H and O–H groups in total. The third kappa shape index (κ3) is 2.35. The van der Waals surface area contributed by atoms with Crippen LogP contribution in [-0.4, -0.2) is 27.9 Å². The SMILES string of the molecule is O=C(O)CCc1ccc(N2C(=O)c3cccnc3C2=O)cc1. The third-order valence-corrected chi connectivity index (χ3v) is 3.47. The summed E-state index contributed by atoms with van der Waals surface area (Å²) in [6.45, 7) is 0. The van der Waals surface area contributed by atoms with E-state index in [-0.39, 0.29) is 12.1 Å². The molecule has 0 atom stereocenters. The summed E-state index contributed by atoms with van der Waals surface area (Å²) < 4.78 is 0. The van der Waals surface area contributed by atoms with Gasteiger partial charge in [-0.05, 0) is 36.2 Å². The molecule has 3 rings (SSSR count). The lowest BCUT2D eigenvalue weighted by atomic mass is 10.1. The van der Waals surface area contributed by atoms with Gasteiger partial charge in [-0.2, -0.15) is 0 Å². The molecule has 0 radical (unpaired) electrons. The molecular weight excluding hydrogens is 284 g/mol. The van der Waals surface area contributed by atoms with Crippen LogP contribution in [0.1, 0.15) is 32.8 Å². The third-order valence-electron chi connectivity index (χ3n) is 3.47. The summed E-state index contributed by atoms with van der Waals surface area (Å²) in [4.78, 5) is 40.2. The molecule has 0 spiro atoms. The maximum atomic E-state index is 12.3. The van der Waals surface area contributed by atoms with Crippen LogP contribution in [0.3, 0.4) is 0 Å². The Hall–Kier alpha value is -3.02. The molecule has 0 bridgehead atoms. The van der Waals surface area contributed by atoms with Gasteiger partial charge in [-0.1, -0.05) is 12.1 Å². The molecule has 6 heteroatoms. The highest BCUT2D eigenvalue weighted by Gasteiger charge is 2.37. The van der Waals surface area contributed by atoms with Crippen LogP contribution in [0.25, 0.3) is 0 Å². The predicted molar refractivity (Wildman–Crippen MR) is 77.8 cm³/mol. The van der Waals surface area contributed by atoms with E-state index < -0.39 is 17.8 Å². The van der Waals surface area contributed by atoms with Gasteiger partial charge in [-0.15, -0.1) is 0 Å². The van der Waals surface area contributed by atoms with Crippen LogP contribution in [0.4, 0.5) is 5.69 Å². The zero-order valence-corrected chi connectivity index (χ0v) is 11.5. The van der Waals surface area contributed by atoms with Gasteiger partial charge >= 0.3 is 5.97 Å². The fraction of sp³-hybridized carbons (Fsp3) is 0.125. The number of rotatable bonds is 4. The van der Waals surface area contributed by atoms with Crippen molar-refractivity contribution in [3.8, 4) is 0 Å². The highest BCUT2D eigenvalue weighted by atomic mass is 16.4. The van der Waals surface area contributed by atoms with E-state index in [1.54, 1.807) is 36.4 Å². The summed E-state index contributed by atoms with van der Waals surface area (Å²) >= 11 is 0. The summed E-state index contributed by atoms with van der Waals surface area (Å²) in [7, 11) is 0. The number of carbonyl (C=O) groups excluding carboxylic acids is 2. The molecule has 1 aromatic heterocycles. The van der Waals surface area contributed by atoms with Crippen LogP contribution in [0.15, 0.2) is 42.6 Å². The minimum atomic E-state index is -0.865. The van der Waals surface area contributed by atoms with E-state index in [0.29, 0.717) is 17.7 Å². The first-order chi connectivity index (χ1) is 10.6. The molecule has 2 heterocycles. The highest BCUT2D eigenvalue weighted by molar-refractivity contribution is 6.33. The van der Waals surface area contributed by atoms with E-state index in [4.69, 9.17) is 5.11 Å². The zero-order valence-electron chi connectivity index (χ0n) is 11.5. The van der Waals surface area contributed by atoms with Crippen LogP contribution in [0, 0.1) is 0 Å². The van der Waals surface area contributed by atoms with Crippen LogP contribution < -0.4 is 4.90 Å². The number of pyridine rings is 1. The van der Waals surface area contributed by atoms with Gasteiger partial charge in [-0.25, -0.2) is 4.90 Å². The number of hydrogen-bond acceptors (Lipinski definition) is 4. The molecule has 0 saturated heterocycles. The molecule has 0 aliphatic carbocycles. The fourth-order valence-corrected chi connectivity index (χ4v) is 2.36. The summed E-state index contributed by atoms with van der Waals surface area (Å²) in [5, 5.41) is 8.67. The minimum Gasteiger partial charge on any atom is -0.481 e. The maximum Gasteiger partial charge on any atom is 0.303 e. The van der Waals surface area contributed by atoms with E-state index in [1.165, 1.54) is 6.20 Å². The van der Waals surface area contributed by atoms with Crippen molar-refractivity contribution in [3.63, 3.8) is 0 Å². The second-order valence-electron chi connectivity index (χ2n) is 4.91. The smallest absolute Gasteiger partial charge is 0.303 e. The van der Waals surface area contributed by atoms with Crippen LogP contribution in [0.5, 0.6) is 0 Å². The lowest BCUT2D eigenvalue weighted by Gasteiger charge is -2.13. The molecule has 0 unspecified atom stereocenters. The van der Waals surface area contributed by atoms with Gasteiger partial charge in [-0.3, -0.25) is 19.4 Å². The number of hydrogen-bond donors (Lipinski definition) is 1. The zero-order chi connectivity index (χ0) is 15.7. The first kappa shape index (κ1) is 13.9. The Balaban J connectivity index is 1.85. The van der Waals surface area contributed by atoms with Crippen LogP contribution in [0.2, 0.25) is 0 Å². The van der Waals surface area contributed by atoms with Gasteiger partial charge in [0.05, 0.1) is 11.3 Å². The van der Waals surface area contributed by atoms with E-state index in [2.05, 4.69) is 4.98 Å². The molecule has 2 amide bonds. The standard InChI is InChI=1S/C16H12N2O4/c19-13(20)8-5-10-3-6-11(7-4-10)18-15(21)12-2-1-9-17-14(12)16(18)22/h1-4,6-7,9H,5,8H2,(H,19,20). The number of imide groups is 1. The van der Waals surface area contributed by atoms with Crippen molar-refractivity contribution >= 4 is 23.5 Å². The Bertz CT molecular complexity index is 733. The van der Waals surface area contributed by atoms with Gasteiger partial charge in [0, 0.05) is 12.6 Å². The Morgan fingerprint density at radius 2 is 1.82 bits per heavy atom. The minimum absolute atomic E-state index is 0.0380. The first-order valence-electron chi connectivity index (χ1n) is 6.72. The average Bonchev–Trinajstić information content (AvgIpc) is 2.78.